The molecule has 272 valence electrons. The molecule has 1 nitrogen and oxygen atoms in total. The first kappa shape index (κ1) is 34.1. The molecule has 0 spiro atoms. The zero-order valence-corrected chi connectivity index (χ0v) is 32.2. The van der Waals surface area contributed by atoms with E-state index in [2.05, 4.69) is 170 Å². The number of anilines is 3. The van der Waals surface area contributed by atoms with E-state index in [1.165, 1.54) is 142 Å². The summed E-state index contributed by atoms with van der Waals surface area (Å²) in [6.45, 7) is 2.29. The molecule has 3 aliphatic rings. The summed E-state index contributed by atoms with van der Waals surface area (Å²) in [7, 11) is 0. The third-order valence-electron chi connectivity index (χ3n) is 13.4. The Morgan fingerprint density at radius 1 is 0.473 bits per heavy atom. The average Bonchev–Trinajstić information content (AvgIpc) is 3.56. The second-order valence-electron chi connectivity index (χ2n) is 16.6. The first-order valence-electron chi connectivity index (χ1n) is 21.0. The predicted molar refractivity (Wildman–Crippen MR) is 232 cm³/mol. The van der Waals surface area contributed by atoms with Gasteiger partial charge in [0, 0.05) is 11.4 Å². The third kappa shape index (κ3) is 5.83. The highest BCUT2D eigenvalue weighted by atomic mass is 15.1. The molecule has 3 aliphatic carbocycles. The maximum absolute atomic E-state index is 2.62. The Morgan fingerprint density at radius 2 is 1.05 bits per heavy atom. The summed E-state index contributed by atoms with van der Waals surface area (Å²) >= 11 is 0. The zero-order chi connectivity index (χ0) is 36.8. The molecule has 0 unspecified atom stereocenters. The van der Waals surface area contributed by atoms with Gasteiger partial charge in [-0.2, -0.15) is 0 Å². The van der Waals surface area contributed by atoms with Gasteiger partial charge in [-0.15, -0.1) is 0 Å². The third-order valence-corrected chi connectivity index (χ3v) is 13.4. The van der Waals surface area contributed by atoms with Crippen molar-refractivity contribution in [2.75, 3.05) is 4.90 Å². The van der Waals surface area contributed by atoms with Gasteiger partial charge in [-0.3, -0.25) is 0 Å². The highest BCUT2D eigenvalue weighted by molar-refractivity contribution is 5.94. The van der Waals surface area contributed by atoms with E-state index in [0.717, 1.165) is 0 Å². The van der Waals surface area contributed by atoms with Crippen LogP contribution in [0.25, 0.3) is 21.9 Å². The molecule has 7 aromatic carbocycles. The van der Waals surface area contributed by atoms with Crippen molar-refractivity contribution < 1.29 is 0 Å². The van der Waals surface area contributed by atoms with Gasteiger partial charge in [-0.25, -0.2) is 0 Å². The normalized spacial score (nSPS) is 16.8. The highest BCUT2D eigenvalue weighted by Crippen LogP contribution is 2.58. The molecule has 10 rings (SSSR count). The Bertz CT molecular complexity index is 2410. The lowest BCUT2D eigenvalue weighted by Gasteiger charge is -2.36. The smallest absolute Gasteiger partial charge is 0.0714 e. The summed E-state index contributed by atoms with van der Waals surface area (Å²) in [5.74, 6) is 1.22. The minimum atomic E-state index is -0.457. The Balaban J connectivity index is 1.24. The second-order valence-corrected chi connectivity index (χ2v) is 16.6. The molecule has 7 aromatic rings. The van der Waals surface area contributed by atoms with E-state index >= 15 is 0 Å². The monoisotopic (exact) mass is 713 g/mol. The minimum absolute atomic E-state index is 0.457. The predicted octanol–water partition coefficient (Wildman–Crippen LogP) is 15.1. The van der Waals surface area contributed by atoms with Crippen molar-refractivity contribution in [3.05, 3.63) is 197 Å². The van der Waals surface area contributed by atoms with Crippen LogP contribution in [0.15, 0.2) is 158 Å². The Kier molecular flexibility index (Phi) is 8.90. The van der Waals surface area contributed by atoms with Crippen molar-refractivity contribution in [2.45, 2.75) is 88.4 Å². The number of fused-ring (bicyclic) bond motifs is 4. The fourth-order valence-electron chi connectivity index (χ4n) is 10.8. The SMILES string of the molecule is Cc1cccc2c1-c1ccc(N(c3ccc(C4CCCCC4)cc3)c3cc4ccccc4cc3C3CCCCC3)cc1C2(c1ccccc1)c1ccccc1. The van der Waals surface area contributed by atoms with Crippen molar-refractivity contribution in [2.24, 2.45) is 0 Å². The van der Waals surface area contributed by atoms with E-state index in [1.807, 2.05) is 0 Å². The topological polar surface area (TPSA) is 3.24 Å². The fraction of sp³-hybridized carbons (Fsp3) is 0.259. The first-order valence-corrected chi connectivity index (χ1v) is 21.0. The van der Waals surface area contributed by atoms with Gasteiger partial charge in [-0.05, 0) is 142 Å². The standard InChI is InChI=1S/C54H51N/c1-38-17-16-28-50-53(38)48-34-33-47(37-51(48)54(50,44-24-10-4-11-25-44)45-26-12-5-13-27-45)55(46-31-29-40(30-32-46)39-18-6-2-7-19-39)52-36-43-23-15-14-22-42(43)35-49(52)41-20-8-3-9-21-41/h4-5,10-17,22-37,39,41H,2-3,6-9,18-21H2,1H3. The number of rotatable bonds is 7. The molecule has 0 amide bonds. The molecule has 0 heterocycles. The Labute approximate surface area is 327 Å². The lowest BCUT2D eigenvalue weighted by Crippen LogP contribution is -2.28. The van der Waals surface area contributed by atoms with Gasteiger partial charge >= 0.3 is 0 Å². The molecule has 0 aromatic heterocycles. The first-order chi connectivity index (χ1) is 27.2. The number of benzene rings is 7. The van der Waals surface area contributed by atoms with Gasteiger partial charge in [0.25, 0.3) is 0 Å². The number of aryl methyl sites for hydroxylation is 1. The van der Waals surface area contributed by atoms with Crippen LogP contribution in [-0.2, 0) is 5.41 Å². The van der Waals surface area contributed by atoms with Crippen molar-refractivity contribution >= 4 is 27.8 Å². The molecule has 55 heavy (non-hydrogen) atoms. The molecule has 1 heteroatoms. The van der Waals surface area contributed by atoms with Crippen molar-refractivity contribution in [3.8, 4) is 11.1 Å². The second kappa shape index (κ2) is 14.3. The van der Waals surface area contributed by atoms with Gasteiger partial charge < -0.3 is 4.90 Å². The summed E-state index contributed by atoms with van der Waals surface area (Å²) in [6, 6.07) is 60.6. The van der Waals surface area contributed by atoms with Crippen molar-refractivity contribution in [1.29, 1.82) is 0 Å². The van der Waals surface area contributed by atoms with Gasteiger partial charge in [0.2, 0.25) is 0 Å². The summed E-state index contributed by atoms with van der Waals surface area (Å²) in [5.41, 5.74) is 15.7. The van der Waals surface area contributed by atoms with Crippen LogP contribution in [0.3, 0.4) is 0 Å². The van der Waals surface area contributed by atoms with Crippen molar-refractivity contribution in [1.82, 2.24) is 0 Å². The molecule has 0 radical (unpaired) electrons. The molecular weight excluding hydrogens is 663 g/mol. The van der Waals surface area contributed by atoms with Gasteiger partial charge in [0.05, 0.1) is 11.1 Å². The van der Waals surface area contributed by atoms with Gasteiger partial charge in [0.15, 0.2) is 0 Å². The van der Waals surface area contributed by atoms with Gasteiger partial charge in [-0.1, -0.05) is 160 Å². The molecule has 0 atom stereocenters. The van der Waals surface area contributed by atoms with Crippen LogP contribution >= 0.6 is 0 Å². The molecule has 0 aliphatic heterocycles. The van der Waals surface area contributed by atoms with Crippen LogP contribution in [0, 0.1) is 6.92 Å². The molecule has 0 saturated heterocycles. The fourth-order valence-corrected chi connectivity index (χ4v) is 10.8. The Hall–Kier alpha value is -5.40. The van der Waals surface area contributed by atoms with E-state index in [0.29, 0.717) is 11.8 Å². The van der Waals surface area contributed by atoms with E-state index in [1.54, 1.807) is 0 Å². The van der Waals surface area contributed by atoms with Gasteiger partial charge in [0.1, 0.15) is 0 Å². The van der Waals surface area contributed by atoms with E-state index in [4.69, 9.17) is 0 Å². The van der Waals surface area contributed by atoms with Crippen LogP contribution in [0.2, 0.25) is 0 Å². The summed E-state index contributed by atoms with van der Waals surface area (Å²) in [6.07, 6.45) is 13.2. The highest BCUT2D eigenvalue weighted by Gasteiger charge is 2.47. The lowest BCUT2D eigenvalue weighted by atomic mass is 9.67. The van der Waals surface area contributed by atoms with E-state index < -0.39 is 5.41 Å². The summed E-state index contributed by atoms with van der Waals surface area (Å²) in [4.78, 5) is 2.62. The maximum Gasteiger partial charge on any atom is 0.0714 e. The zero-order valence-electron chi connectivity index (χ0n) is 32.2. The lowest BCUT2D eigenvalue weighted by molar-refractivity contribution is 0.443. The minimum Gasteiger partial charge on any atom is -0.310 e. The van der Waals surface area contributed by atoms with Crippen LogP contribution in [0.4, 0.5) is 17.1 Å². The summed E-state index contributed by atoms with van der Waals surface area (Å²) in [5, 5.41) is 2.64. The Morgan fingerprint density at radius 3 is 1.71 bits per heavy atom. The quantitative estimate of drug-likeness (QED) is 0.159. The average molecular weight is 714 g/mol. The van der Waals surface area contributed by atoms with E-state index in [9.17, 15) is 0 Å². The molecule has 0 bridgehead atoms. The van der Waals surface area contributed by atoms with Crippen LogP contribution in [0.5, 0.6) is 0 Å². The van der Waals surface area contributed by atoms with Crippen molar-refractivity contribution in [3.63, 3.8) is 0 Å². The molecule has 0 N–H and O–H groups in total. The number of hydrogen-bond acceptors (Lipinski definition) is 1. The van der Waals surface area contributed by atoms with Crippen LogP contribution < -0.4 is 4.90 Å². The molecule has 2 fully saturated rings. The summed E-state index contributed by atoms with van der Waals surface area (Å²) < 4.78 is 0. The number of hydrogen-bond donors (Lipinski definition) is 0. The maximum atomic E-state index is 2.62. The van der Waals surface area contributed by atoms with Crippen LogP contribution in [-0.4, -0.2) is 0 Å². The van der Waals surface area contributed by atoms with E-state index in [-0.39, 0.29) is 0 Å². The molecule has 2 saturated carbocycles. The van der Waals surface area contributed by atoms with Crippen LogP contribution in [0.1, 0.15) is 115 Å². The molecular formula is C54H51N. The largest absolute Gasteiger partial charge is 0.310 e. The number of nitrogens with zero attached hydrogens (tertiary/aromatic N) is 1.